The van der Waals surface area contributed by atoms with Crippen molar-refractivity contribution in [3.8, 4) is 0 Å². The molecule has 0 unspecified atom stereocenters. The minimum atomic E-state index is -0.449. The van der Waals surface area contributed by atoms with Crippen LogP contribution < -0.4 is 5.19 Å². The Morgan fingerprint density at radius 3 is 2.50 bits per heavy atom. The van der Waals surface area contributed by atoms with Crippen molar-refractivity contribution in [1.29, 1.82) is 0 Å². The summed E-state index contributed by atoms with van der Waals surface area (Å²) in [5, 5.41) is 1.49. The van der Waals surface area contributed by atoms with Crippen molar-refractivity contribution in [3.05, 3.63) is 42.6 Å². The van der Waals surface area contributed by atoms with Crippen molar-refractivity contribution in [3.63, 3.8) is 0 Å². The molecule has 0 amide bonds. The van der Waals surface area contributed by atoms with Gasteiger partial charge in [-0.3, -0.25) is 0 Å². The molecule has 0 aliphatic rings. The van der Waals surface area contributed by atoms with Gasteiger partial charge in [-0.2, -0.15) is 0 Å². The smallest absolute Gasteiger partial charge is 0.107 e. The Morgan fingerprint density at radius 2 is 2.00 bits per heavy atom. The van der Waals surface area contributed by atoms with E-state index in [2.05, 4.69) is 49.5 Å². The first-order chi connectivity index (χ1) is 5.88. The molecule has 0 bridgehead atoms. The fourth-order valence-electron chi connectivity index (χ4n) is 1.29. The van der Waals surface area contributed by atoms with Gasteiger partial charge in [0.25, 0.3) is 0 Å². The minimum Gasteiger partial charge on any atom is -0.107 e. The van der Waals surface area contributed by atoms with Gasteiger partial charge >= 0.3 is 0 Å². The Bertz CT molecular complexity index is 228. The van der Waals surface area contributed by atoms with E-state index in [4.69, 9.17) is 0 Å². The molecule has 0 aliphatic heterocycles. The normalized spacial score (nSPS) is 10.2. The van der Waals surface area contributed by atoms with Crippen LogP contribution in [0.3, 0.4) is 0 Å². The van der Waals surface area contributed by atoms with E-state index in [-0.39, 0.29) is 0 Å². The summed E-state index contributed by atoms with van der Waals surface area (Å²) in [6.07, 6.45) is 1.26. The first kappa shape index (κ1) is 9.27. The SMILES string of the molecule is C=C[Si](CCC)c1ccccc1. The average Bonchev–Trinajstić information content (AvgIpc) is 2.15. The monoisotopic (exact) mass is 175 g/mol. The van der Waals surface area contributed by atoms with E-state index < -0.39 is 8.80 Å². The van der Waals surface area contributed by atoms with Gasteiger partial charge in [0.1, 0.15) is 8.80 Å². The molecular weight excluding hydrogens is 160 g/mol. The molecule has 12 heavy (non-hydrogen) atoms. The molecule has 0 aliphatic carbocycles. The molecule has 0 nitrogen and oxygen atoms in total. The van der Waals surface area contributed by atoms with E-state index >= 15 is 0 Å². The van der Waals surface area contributed by atoms with Gasteiger partial charge in [-0.25, -0.2) is 0 Å². The zero-order valence-corrected chi connectivity index (χ0v) is 8.59. The van der Waals surface area contributed by atoms with Crippen LogP contribution in [0, 0.1) is 0 Å². The molecule has 0 heterocycles. The number of rotatable bonds is 4. The van der Waals surface area contributed by atoms with E-state index in [1.165, 1.54) is 17.7 Å². The Balaban J connectivity index is 2.73. The number of hydrogen-bond donors (Lipinski definition) is 0. The lowest BCUT2D eigenvalue weighted by Gasteiger charge is -2.07. The van der Waals surface area contributed by atoms with Crippen LogP contribution in [0.1, 0.15) is 13.3 Å². The largest absolute Gasteiger partial charge is 0.112 e. The van der Waals surface area contributed by atoms with Gasteiger partial charge in [0.2, 0.25) is 0 Å². The van der Waals surface area contributed by atoms with Crippen LogP contribution in [0.15, 0.2) is 42.6 Å². The highest BCUT2D eigenvalue weighted by Gasteiger charge is 2.06. The van der Waals surface area contributed by atoms with Crippen LogP contribution in [-0.2, 0) is 0 Å². The van der Waals surface area contributed by atoms with Gasteiger partial charge in [0.15, 0.2) is 0 Å². The number of hydrogen-bond acceptors (Lipinski definition) is 0. The quantitative estimate of drug-likeness (QED) is 0.617. The van der Waals surface area contributed by atoms with Gasteiger partial charge in [-0.05, 0) is 0 Å². The Morgan fingerprint density at radius 1 is 1.33 bits per heavy atom. The van der Waals surface area contributed by atoms with Gasteiger partial charge < -0.3 is 0 Å². The molecule has 1 rings (SSSR count). The summed E-state index contributed by atoms with van der Waals surface area (Å²) in [6, 6.07) is 12.0. The fourth-order valence-corrected chi connectivity index (χ4v) is 3.17. The molecule has 1 aromatic carbocycles. The Labute approximate surface area is 76.5 Å². The first-order valence-electron chi connectivity index (χ1n) is 4.42. The van der Waals surface area contributed by atoms with Crippen molar-refractivity contribution < 1.29 is 0 Å². The van der Waals surface area contributed by atoms with E-state index in [1.807, 2.05) is 0 Å². The summed E-state index contributed by atoms with van der Waals surface area (Å²) >= 11 is 0. The van der Waals surface area contributed by atoms with Crippen LogP contribution in [0.25, 0.3) is 0 Å². The summed E-state index contributed by atoms with van der Waals surface area (Å²) in [5.74, 6) is 0. The highest BCUT2D eigenvalue weighted by atomic mass is 28.3. The van der Waals surface area contributed by atoms with Crippen molar-refractivity contribution >= 4 is 14.0 Å². The summed E-state index contributed by atoms with van der Waals surface area (Å²) in [6.45, 7) is 6.13. The summed E-state index contributed by atoms with van der Waals surface area (Å²) < 4.78 is 0. The van der Waals surface area contributed by atoms with E-state index in [1.54, 1.807) is 0 Å². The highest BCUT2D eigenvalue weighted by molar-refractivity contribution is 6.77. The lowest BCUT2D eigenvalue weighted by Crippen LogP contribution is -2.26. The van der Waals surface area contributed by atoms with E-state index in [0.29, 0.717) is 0 Å². The van der Waals surface area contributed by atoms with Crippen LogP contribution in [0.5, 0.6) is 0 Å². The lowest BCUT2D eigenvalue weighted by molar-refractivity contribution is 1.07. The molecule has 0 saturated carbocycles. The molecule has 0 atom stereocenters. The highest BCUT2D eigenvalue weighted by Crippen LogP contribution is 1.99. The molecule has 0 fully saturated rings. The van der Waals surface area contributed by atoms with Crippen molar-refractivity contribution in [2.45, 2.75) is 19.4 Å². The Hall–Kier alpha value is -0.823. The Kier molecular flexibility index (Phi) is 3.81. The molecule has 1 radical (unpaired) electrons. The fraction of sp³-hybridized carbons (Fsp3) is 0.273. The van der Waals surface area contributed by atoms with Crippen LogP contribution in [0.2, 0.25) is 6.04 Å². The third kappa shape index (κ3) is 2.34. The predicted octanol–water partition coefficient (Wildman–Crippen LogP) is 2.52. The van der Waals surface area contributed by atoms with Crippen molar-refractivity contribution in [1.82, 2.24) is 0 Å². The average molecular weight is 175 g/mol. The summed E-state index contributed by atoms with van der Waals surface area (Å²) in [5.41, 5.74) is 2.14. The molecular formula is C11H15Si. The maximum atomic E-state index is 3.90. The van der Waals surface area contributed by atoms with Crippen LogP contribution >= 0.6 is 0 Å². The second-order valence-electron chi connectivity index (χ2n) is 2.85. The van der Waals surface area contributed by atoms with E-state index in [0.717, 1.165) is 0 Å². The third-order valence-corrected chi connectivity index (χ3v) is 4.52. The maximum Gasteiger partial charge on any atom is 0.112 e. The molecule has 0 aromatic heterocycles. The lowest BCUT2D eigenvalue weighted by atomic mass is 10.4. The van der Waals surface area contributed by atoms with Gasteiger partial charge in [0, 0.05) is 0 Å². The second kappa shape index (κ2) is 4.94. The van der Waals surface area contributed by atoms with Crippen molar-refractivity contribution in [2.24, 2.45) is 0 Å². The third-order valence-electron chi connectivity index (χ3n) is 1.91. The molecule has 1 aromatic rings. The zero-order valence-electron chi connectivity index (χ0n) is 7.59. The molecule has 0 N–H and O–H groups in total. The van der Waals surface area contributed by atoms with E-state index in [9.17, 15) is 0 Å². The second-order valence-corrected chi connectivity index (χ2v) is 5.38. The first-order valence-corrected chi connectivity index (χ1v) is 6.20. The van der Waals surface area contributed by atoms with Crippen LogP contribution in [0.4, 0.5) is 0 Å². The van der Waals surface area contributed by atoms with Crippen LogP contribution in [-0.4, -0.2) is 8.80 Å². The topological polar surface area (TPSA) is 0 Å². The van der Waals surface area contributed by atoms with Gasteiger partial charge in [-0.1, -0.05) is 60.6 Å². The van der Waals surface area contributed by atoms with Gasteiger partial charge in [0.05, 0.1) is 0 Å². The minimum absolute atomic E-state index is 0.449. The maximum absolute atomic E-state index is 3.90. The molecule has 63 valence electrons. The standard InChI is InChI=1S/C11H15Si/c1-3-10-12(4-2)11-8-6-5-7-9-11/h4-9H,2-3,10H2,1H3. The van der Waals surface area contributed by atoms with Gasteiger partial charge in [-0.15, -0.1) is 6.58 Å². The van der Waals surface area contributed by atoms with Crippen molar-refractivity contribution in [2.75, 3.05) is 0 Å². The zero-order chi connectivity index (χ0) is 8.81. The summed E-state index contributed by atoms with van der Waals surface area (Å²) in [4.78, 5) is 0. The summed E-state index contributed by atoms with van der Waals surface area (Å²) in [7, 11) is -0.449. The molecule has 0 spiro atoms. The molecule has 1 heteroatoms. The molecule has 0 saturated heterocycles. The predicted molar refractivity (Wildman–Crippen MR) is 57.1 cm³/mol. The number of benzene rings is 1.